The Morgan fingerprint density at radius 3 is 2.81 bits per heavy atom. The minimum Gasteiger partial charge on any atom is -0.383 e. The van der Waals surface area contributed by atoms with E-state index in [-0.39, 0.29) is 0 Å². The number of rotatable bonds is 7. The third-order valence-corrected chi connectivity index (χ3v) is 2.61. The third-order valence-electron chi connectivity index (χ3n) is 2.61. The lowest BCUT2D eigenvalue weighted by molar-refractivity contribution is 0.163. The molecule has 0 bridgehead atoms. The molecule has 0 aromatic carbocycles. The maximum atomic E-state index is 5.14. The van der Waals surface area contributed by atoms with Crippen LogP contribution in [0.15, 0.2) is 6.33 Å². The van der Waals surface area contributed by atoms with Gasteiger partial charge in [0.15, 0.2) is 0 Å². The quantitative estimate of drug-likeness (QED) is 0.763. The van der Waals surface area contributed by atoms with E-state index in [0.29, 0.717) is 12.1 Å². The lowest BCUT2D eigenvalue weighted by Crippen LogP contribution is -2.33. The van der Waals surface area contributed by atoms with Crippen LogP contribution in [0.5, 0.6) is 0 Å². The van der Waals surface area contributed by atoms with Crippen molar-refractivity contribution < 1.29 is 4.74 Å². The number of methoxy groups -OCH3 is 1. The van der Waals surface area contributed by atoms with Crippen molar-refractivity contribution in [2.24, 2.45) is 0 Å². The molecular formula is C11H22N4O. The van der Waals surface area contributed by atoms with Gasteiger partial charge in [0.1, 0.15) is 12.2 Å². The summed E-state index contributed by atoms with van der Waals surface area (Å²) >= 11 is 0. The van der Waals surface area contributed by atoms with Gasteiger partial charge < -0.3 is 14.6 Å². The summed E-state index contributed by atoms with van der Waals surface area (Å²) in [5.41, 5.74) is 0. The summed E-state index contributed by atoms with van der Waals surface area (Å²) in [5.74, 6) is 0.976. The van der Waals surface area contributed by atoms with Gasteiger partial charge in [-0.05, 0) is 20.3 Å². The van der Waals surface area contributed by atoms with Crippen molar-refractivity contribution in [2.75, 3.05) is 13.7 Å². The molecule has 92 valence electrons. The normalized spacial score (nSPS) is 13.3. The van der Waals surface area contributed by atoms with Crippen LogP contribution in [0.2, 0.25) is 0 Å². The van der Waals surface area contributed by atoms with Crippen molar-refractivity contribution in [3.05, 3.63) is 12.2 Å². The molecule has 0 radical (unpaired) electrons. The molecule has 0 saturated heterocycles. The molecule has 1 N–H and O–H groups in total. The topological polar surface area (TPSA) is 52.0 Å². The van der Waals surface area contributed by atoms with Crippen LogP contribution >= 0.6 is 0 Å². The average molecular weight is 226 g/mol. The van der Waals surface area contributed by atoms with Crippen LogP contribution in [-0.2, 0) is 11.3 Å². The van der Waals surface area contributed by atoms with Crippen LogP contribution in [0.25, 0.3) is 0 Å². The Morgan fingerprint density at radius 2 is 2.25 bits per heavy atom. The van der Waals surface area contributed by atoms with E-state index >= 15 is 0 Å². The van der Waals surface area contributed by atoms with E-state index in [1.54, 1.807) is 13.4 Å². The summed E-state index contributed by atoms with van der Waals surface area (Å²) < 4.78 is 7.21. The molecule has 1 atom stereocenters. The molecule has 0 aliphatic heterocycles. The van der Waals surface area contributed by atoms with Gasteiger partial charge in [-0.2, -0.15) is 0 Å². The van der Waals surface area contributed by atoms with Gasteiger partial charge >= 0.3 is 0 Å². The van der Waals surface area contributed by atoms with Gasteiger partial charge in [-0.1, -0.05) is 6.92 Å². The third kappa shape index (κ3) is 3.57. The minimum absolute atomic E-state index is 0.377. The van der Waals surface area contributed by atoms with Gasteiger partial charge in [0.2, 0.25) is 0 Å². The van der Waals surface area contributed by atoms with Crippen molar-refractivity contribution in [3.8, 4) is 0 Å². The summed E-state index contributed by atoms with van der Waals surface area (Å²) in [7, 11) is 1.72. The first-order chi connectivity index (χ1) is 7.69. The molecule has 0 saturated carbocycles. The number of nitrogens with one attached hydrogen (secondary N) is 1. The largest absolute Gasteiger partial charge is 0.383 e. The predicted octanol–water partition coefficient (Wildman–Crippen LogP) is 1.37. The van der Waals surface area contributed by atoms with Crippen molar-refractivity contribution in [1.82, 2.24) is 20.1 Å². The smallest absolute Gasteiger partial charge is 0.147 e. The van der Waals surface area contributed by atoms with Crippen molar-refractivity contribution in [2.45, 2.75) is 45.8 Å². The van der Waals surface area contributed by atoms with E-state index in [1.807, 2.05) is 0 Å². The van der Waals surface area contributed by atoms with E-state index in [2.05, 4.69) is 40.9 Å². The Bertz CT molecular complexity index is 298. The molecule has 1 unspecified atom stereocenters. The van der Waals surface area contributed by atoms with Crippen molar-refractivity contribution in [1.29, 1.82) is 0 Å². The standard InChI is InChI=1S/C11H22N4O/c1-5-10(7-16-4)12-6-11-14-13-8-15(11)9(2)3/h8-10,12H,5-7H2,1-4H3. The minimum atomic E-state index is 0.377. The summed E-state index contributed by atoms with van der Waals surface area (Å²) in [6, 6.07) is 0.775. The molecule has 1 aromatic heterocycles. The van der Waals surface area contributed by atoms with Gasteiger partial charge in [-0.25, -0.2) is 0 Å². The second-order valence-electron chi connectivity index (χ2n) is 4.19. The summed E-state index contributed by atoms with van der Waals surface area (Å²) in [6.07, 6.45) is 2.82. The van der Waals surface area contributed by atoms with E-state index < -0.39 is 0 Å². The molecule has 0 aliphatic rings. The molecule has 0 spiro atoms. The van der Waals surface area contributed by atoms with Gasteiger partial charge in [-0.3, -0.25) is 0 Å². The molecule has 0 fully saturated rings. The van der Waals surface area contributed by atoms with Gasteiger partial charge in [0.05, 0.1) is 13.2 Å². The molecule has 0 aliphatic carbocycles. The van der Waals surface area contributed by atoms with Crippen LogP contribution in [0.3, 0.4) is 0 Å². The highest BCUT2D eigenvalue weighted by Crippen LogP contribution is 2.06. The monoisotopic (exact) mass is 226 g/mol. The molecule has 5 heteroatoms. The van der Waals surface area contributed by atoms with E-state index in [4.69, 9.17) is 4.74 Å². The number of aromatic nitrogens is 3. The molecule has 0 amide bonds. The van der Waals surface area contributed by atoms with Crippen molar-refractivity contribution in [3.63, 3.8) is 0 Å². The molecule has 16 heavy (non-hydrogen) atoms. The zero-order valence-electron chi connectivity index (χ0n) is 10.6. The lowest BCUT2D eigenvalue weighted by atomic mass is 10.2. The van der Waals surface area contributed by atoms with E-state index in [1.165, 1.54) is 0 Å². The van der Waals surface area contributed by atoms with Gasteiger partial charge in [0, 0.05) is 19.2 Å². The highest BCUT2D eigenvalue weighted by atomic mass is 16.5. The highest BCUT2D eigenvalue weighted by Gasteiger charge is 2.10. The number of ether oxygens (including phenoxy) is 1. The summed E-state index contributed by atoms with van der Waals surface area (Å²) in [4.78, 5) is 0. The fourth-order valence-electron chi connectivity index (χ4n) is 1.58. The molecule has 5 nitrogen and oxygen atoms in total. The van der Waals surface area contributed by atoms with Gasteiger partial charge in [0.25, 0.3) is 0 Å². The Kier molecular flexibility index (Phi) is 5.42. The molecule has 1 rings (SSSR count). The first kappa shape index (κ1) is 13.1. The van der Waals surface area contributed by atoms with E-state index in [9.17, 15) is 0 Å². The Hall–Kier alpha value is -0.940. The number of nitrogens with zero attached hydrogens (tertiary/aromatic N) is 3. The molecular weight excluding hydrogens is 204 g/mol. The number of hydrogen-bond donors (Lipinski definition) is 1. The van der Waals surface area contributed by atoms with Gasteiger partial charge in [-0.15, -0.1) is 10.2 Å². The maximum absolute atomic E-state index is 5.14. The van der Waals surface area contributed by atoms with Crippen LogP contribution in [0, 0.1) is 0 Å². The average Bonchev–Trinajstić information content (AvgIpc) is 2.72. The Morgan fingerprint density at radius 1 is 1.50 bits per heavy atom. The second kappa shape index (κ2) is 6.60. The fourth-order valence-corrected chi connectivity index (χ4v) is 1.58. The molecule has 1 heterocycles. The van der Waals surface area contributed by atoms with Crippen molar-refractivity contribution >= 4 is 0 Å². The Balaban J connectivity index is 2.49. The highest BCUT2D eigenvalue weighted by molar-refractivity contribution is 4.88. The lowest BCUT2D eigenvalue weighted by Gasteiger charge is -2.16. The summed E-state index contributed by atoms with van der Waals surface area (Å²) in [5, 5.41) is 11.5. The van der Waals surface area contributed by atoms with Crippen LogP contribution in [0.1, 0.15) is 39.1 Å². The first-order valence-corrected chi connectivity index (χ1v) is 5.79. The van der Waals surface area contributed by atoms with Crippen LogP contribution in [-0.4, -0.2) is 34.5 Å². The maximum Gasteiger partial charge on any atom is 0.147 e. The van der Waals surface area contributed by atoms with Crippen LogP contribution in [0.4, 0.5) is 0 Å². The number of hydrogen-bond acceptors (Lipinski definition) is 4. The fraction of sp³-hybridized carbons (Fsp3) is 0.818. The Labute approximate surface area is 97.2 Å². The molecule has 1 aromatic rings. The summed E-state index contributed by atoms with van der Waals surface area (Å²) in [6.45, 7) is 7.86. The SMILES string of the molecule is CCC(COC)NCc1nncn1C(C)C. The van der Waals surface area contributed by atoms with Crippen LogP contribution < -0.4 is 5.32 Å². The zero-order chi connectivity index (χ0) is 12.0. The predicted molar refractivity (Wildman–Crippen MR) is 63.2 cm³/mol. The first-order valence-electron chi connectivity index (χ1n) is 5.79. The second-order valence-corrected chi connectivity index (χ2v) is 4.19. The zero-order valence-corrected chi connectivity index (χ0v) is 10.6. The van der Waals surface area contributed by atoms with E-state index in [0.717, 1.165) is 25.4 Å².